The highest BCUT2D eigenvalue weighted by Crippen LogP contribution is 2.22. The van der Waals surface area contributed by atoms with Crippen LogP contribution in [0.15, 0.2) is 23.4 Å². The second kappa shape index (κ2) is 3.32. The molecule has 0 bridgehead atoms. The second-order valence-electron chi connectivity index (χ2n) is 2.12. The van der Waals surface area contributed by atoms with E-state index in [0.717, 1.165) is 0 Å². The molecular weight excluding hydrogens is 180 g/mol. The van der Waals surface area contributed by atoms with Gasteiger partial charge in [0.25, 0.3) is 5.91 Å². The lowest BCUT2D eigenvalue weighted by Gasteiger charge is -1.97. The maximum Gasteiger partial charge on any atom is 0.251 e. The van der Waals surface area contributed by atoms with Crippen LogP contribution in [0, 0.1) is 4.91 Å². The summed E-state index contributed by atoms with van der Waals surface area (Å²) in [6, 6.07) is 4.12. The molecule has 62 valence electrons. The molecule has 0 radical (unpaired) electrons. The number of benzene rings is 1. The van der Waals surface area contributed by atoms with Crippen molar-refractivity contribution >= 4 is 23.2 Å². The largest absolute Gasteiger partial charge is 0.366 e. The fourth-order valence-corrected chi connectivity index (χ4v) is 0.955. The summed E-state index contributed by atoms with van der Waals surface area (Å²) in [7, 11) is 0. The Bertz CT molecular complexity index is 338. The maximum atomic E-state index is 10.7. The first-order chi connectivity index (χ1) is 5.65. The number of nitrogens with two attached hydrogens (primary N) is 1. The molecule has 1 amide bonds. The Morgan fingerprint density at radius 3 is 2.67 bits per heavy atom. The predicted octanol–water partition coefficient (Wildman–Crippen LogP) is 1.84. The molecule has 0 atom stereocenters. The Morgan fingerprint density at radius 1 is 1.50 bits per heavy atom. The van der Waals surface area contributed by atoms with Crippen molar-refractivity contribution in [1.29, 1.82) is 0 Å². The van der Waals surface area contributed by atoms with Gasteiger partial charge in [-0.25, -0.2) is 0 Å². The molecule has 0 saturated carbocycles. The van der Waals surface area contributed by atoms with Crippen LogP contribution in [-0.2, 0) is 0 Å². The van der Waals surface area contributed by atoms with E-state index in [0.29, 0.717) is 5.02 Å². The van der Waals surface area contributed by atoms with Gasteiger partial charge in [-0.15, -0.1) is 4.91 Å². The van der Waals surface area contributed by atoms with E-state index in [4.69, 9.17) is 17.3 Å². The average molecular weight is 185 g/mol. The molecule has 4 nitrogen and oxygen atoms in total. The van der Waals surface area contributed by atoms with E-state index >= 15 is 0 Å². The lowest BCUT2D eigenvalue weighted by molar-refractivity contribution is 0.100. The first kappa shape index (κ1) is 8.67. The molecule has 0 aliphatic heterocycles. The van der Waals surface area contributed by atoms with Gasteiger partial charge in [-0.3, -0.25) is 4.79 Å². The van der Waals surface area contributed by atoms with Crippen LogP contribution in [0.5, 0.6) is 0 Å². The smallest absolute Gasteiger partial charge is 0.251 e. The van der Waals surface area contributed by atoms with Gasteiger partial charge in [-0.05, 0) is 23.4 Å². The van der Waals surface area contributed by atoms with Gasteiger partial charge in [-0.2, -0.15) is 0 Å². The standard InChI is InChI=1S/C7H5ClN2O2/c8-4-1-2-5(7(9)11)6(3-4)10-12/h1-3H,(H2,9,11). The molecule has 5 heteroatoms. The summed E-state index contributed by atoms with van der Waals surface area (Å²) in [5, 5.41) is 2.96. The van der Waals surface area contributed by atoms with Crippen LogP contribution in [0.2, 0.25) is 5.02 Å². The van der Waals surface area contributed by atoms with Crippen LogP contribution < -0.4 is 5.73 Å². The minimum Gasteiger partial charge on any atom is -0.366 e. The quantitative estimate of drug-likeness (QED) is 0.713. The van der Waals surface area contributed by atoms with Gasteiger partial charge in [0.15, 0.2) is 0 Å². The van der Waals surface area contributed by atoms with E-state index in [1.807, 2.05) is 0 Å². The minimum atomic E-state index is -0.693. The van der Waals surface area contributed by atoms with E-state index in [-0.39, 0.29) is 11.3 Å². The number of amides is 1. The van der Waals surface area contributed by atoms with Gasteiger partial charge in [0.2, 0.25) is 0 Å². The zero-order valence-corrected chi connectivity index (χ0v) is 6.71. The number of carbonyl (C=O) groups excluding carboxylic acids is 1. The summed E-state index contributed by atoms with van der Waals surface area (Å²) in [6.07, 6.45) is 0. The molecule has 0 aromatic heterocycles. The van der Waals surface area contributed by atoms with E-state index in [9.17, 15) is 9.70 Å². The monoisotopic (exact) mass is 184 g/mol. The third kappa shape index (κ3) is 1.60. The predicted molar refractivity (Wildman–Crippen MR) is 45.4 cm³/mol. The highest BCUT2D eigenvalue weighted by atomic mass is 35.5. The van der Waals surface area contributed by atoms with Crippen molar-refractivity contribution in [2.24, 2.45) is 10.9 Å². The molecule has 0 fully saturated rings. The third-order valence-electron chi connectivity index (χ3n) is 1.32. The molecule has 0 spiro atoms. The highest BCUT2D eigenvalue weighted by Gasteiger charge is 2.08. The van der Waals surface area contributed by atoms with Crippen molar-refractivity contribution in [2.75, 3.05) is 0 Å². The van der Waals surface area contributed by atoms with Gasteiger partial charge in [0, 0.05) is 5.02 Å². The number of nitrogens with zero attached hydrogens (tertiary/aromatic N) is 1. The number of carbonyl (C=O) groups is 1. The first-order valence-electron chi connectivity index (χ1n) is 3.08. The summed E-state index contributed by atoms with van der Waals surface area (Å²) < 4.78 is 0. The van der Waals surface area contributed by atoms with E-state index < -0.39 is 5.91 Å². The molecule has 1 aromatic carbocycles. The van der Waals surface area contributed by atoms with Crippen molar-refractivity contribution in [3.8, 4) is 0 Å². The topological polar surface area (TPSA) is 72.5 Å². The van der Waals surface area contributed by atoms with Crippen molar-refractivity contribution in [1.82, 2.24) is 0 Å². The lowest BCUT2D eigenvalue weighted by atomic mass is 10.2. The van der Waals surface area contributed by atoms with E-state index in [1.54, 1.807) is 0 Å². The summed E-state index contributed by atoms with van der Waals surface area (Å²) in [5.41, 5.74) is 5.01. The lowest BCUT2D eigenvalue weighted by Crippen LogP contribution is -2.10. The molecule has 12 heavy (non-hydrogen) atoms. The van der Waals surface area contributed by atoms with Gasteiger partial charge in [0.05, 0.1) is 5.56 Å². The Kier molecular flexibility index (Phi) is 2.40. The normalized spacial score (nSPS) is 9.42. The molecule has 0 aliphatic rings. The zero-order chi connectivity index (χ0) is 9.14. The van der Waals surface area contributed by atoms with Crippen LogP contribution in [0.1, 0.15) is 10.4 Å². The van der Waals surface area contributed by atoms with E-state index in [1.165, 1.54) is 18.2 Å². The fourth-order valence-electron chi connectivity index (χ4n) is 0.789. The summed E-state index contributed by atoms with van der Waals surface area (Å²) in [6.45, 7) is 0. The van der Waals surface area contributed by atoms with Crippen molar-refractivity contribution < 1.29 is 4.79 Å². The molecule has 1 aromatic rings. The molecule has 0 saturated heterocycles. The Labute approximate surface area is 73.3 Å². The van der Waals surface area contributed by atoms with Gasteiger partial charge >= 0.3 is 0 Å². The maximum absolute atomic E-state index is 10.7. The van der Waals surface area contributed by atoms with Gasteiger partial charge < -0.3 is 5.73 Å². The minimum absolute atomic E-state index is 0.0324. The van der Waals surface area contributed by atoms with Crippen LogP contribution in [0.3, 0.4) is 0 Å². The summed E-state index contributed by atoms with van der Waals surface area (Å²) >= 11 is 5.55. The number of hydrogen-bond acceptors (Lipinski definition) is 3. The SMILES string of the molecule is NC(=O)c1ccc(Cl)cc1N=O. The molecule has 0 aliphatic carbocycles. The van der Waals surface area contributed by atoms with Crippen LogP contribution in [-0.4, -0.2) is 5.91 Å². The Balaban J connectivity index is 3.29. The highest BCUT2D eigenvalue weighted by molar-refractivity contribution is 6.31. The molecule has 0 unspecified atom stereocenters. The summed E-state index contributed by atoms with van der Waals surface area (Å²) in [5.74, 6) is -0.693. The third-order valence-corrected chi connectivity index (χ3v) is 1.56. The fraction of sp³-hybridized carbons (Fsp3) is 0. The molecule has 2 N–H and O–H groups in total. The first-order valence-corrected chi connectivity index (χ1v) is 3.45. The van der Waals surface area contributed by atoms with Crippen molar-refractivity contribution in [2.45, 2.75) is 0 Å². The van der Waals surface area contributed by atoms with E-state index in [2.05, 4.69) is 5.18 Å². The van der Waals surface area contributed by atoms with Gasteiger partial charge in [0.1, 0.15) is 5.69 Å². The summed E-state index contributed by atoms with van der Waals surface area (Å²) in [4.78, 5) is 20.8. The molecular formula is C7H5ClN2O2. The van der Waals surface area contributed by atoms with Crippen LogP contribution >= 0.6 is 11.6 Å². The number of halogens is 1. The van der Waals surface area contributed by atoms with Crippen molar-refractivity contribution in [3.05, 3.63) is 33.7 Å². The Hall–Kier alpha value is -1.42. The Morgan fingerprint density at radius 2 is 2.17 bits per heavy atom. The number of nitroso groups, excluding NO2 is 1. The average Bonchev–Trinajstić information content (AvgIpc) is 2.03. The zero-order valence-electron chi connectivity index (χ0n) is 5.95. The molecule has 1 rings (SSSR count). The van der Waals surface area contributed by atoms with Crippen molar-refractivity contribution in [3.63, 3.8) is 0 Å². The number of hydrogen-bond donors (Lipinski definition) is 1. The number of primary amides is 1. The second-order valence-corrected chi connectivity index (χ2v) is 2.55. The van der Waals surface area contributed by atoms with Crippen LogP contribution in [0.4, 0.5) is 5.69 Å². The van der Waals surface area contributed by atoms with Crippen LogP contribution in [0.25, 0.3) is 0 Å². The van der Waals surface area contributed by atoms with Gasteiger partial charge in [-0.1, -0.05) is 11.6 Å². The number of rotatable bonds is 2. The molecule has 0 heterocycles.